The summed E-state index contributed by atoms with van der Waals surface area (Å²) in [6.45, 7) is 2.67. The monoisotopic (exact) mass is 442 g/mol. The van der Waals surface area contributed by atoms with Crippen LogP contribution < -0.4 is 15.4 Å². The molecule has 0 spiro atoms. The fraction of sp³-hybridized carbons (Fsp3) is 0.348. The SMILES string of the molecule is CC1C(=O)NC[C@@H]1C(=O)Nc1cc(-c2cccc(OC(C)(F)F)c2)n(C2=CCCC=C2)n1. The van der Waals surface area contributed by atoms with Crippen molar-refractivity contribution in [1.82, 2.24) is 15.1 Å². The first kappa shape index (κ1) is 21.7. The van der Waals surface area contributed by atoms with Gasteiger partial charge in [-0.25, -0.2) is 4.68 Å². The fourth-order valence-electron chi connectivity index (χ4n) is 3.80. The Kier molecular flexibility index (Phi) is 5.82. The van der Waals surface area contributed by atoms with E-state index in [0.717, 1.165) is 18.5 Å². The molecule has 2 atom stereocenters. The smallest absolute Gasteiger partial charge is 0.394 e. The minimum Gasteiger partial charge on any atom is -0.433 e. The summed E-state index contributed by atoms with van der Waals surface area (Å²) in [6, 6.07) is 8.02. The van der Waals surface area contributed by atoms with E-state index >= 15 is 0 Å². The van der Waals surface area contributed by atoms with Gasteiger partial charge in [-0.2, -0.15) is 8.78 Å². The molecule has 9 heteroatoms. The van der Waals surface area contributed by atoms with Crippen LogP contribution in [0.25, 0.3) is 17.0 Å². The molecule has 1 fully saturated rings. The molecular weight excluding hydrogens is 418 g/mol. The first-order valence-corrected chi connectivity index (χ1v) is 10.4. The van der Waals surface area contributed by atoms with Crippen LogP contribution in [0, 0.1) is 11.8 Å². The van der Waals surface area contributed by atoms with Gasteiger partial charge in [0.15, 0.2) is 5.82 Å². The topological polar surface area (TPSA) is 85.3 Å². The van der Waals surface area contributed by atoms with E-state index < -0.39 is 17.9 Å². The molecule has 1 saturated heterocycles. The Hall–Kier alpha value is -3.49. The summed E-state index contributed by atoms with van der Waals surface area (Å²) in [5.41, 5.74) is 2.02. The molecule has 2 N–H and O–H groups in total. The van der Waals surface area contributed by atoms with Crippen molar-refractivity contribution in [2.24, 2.45) is 11.8 Å². The number of anilines is 1. The Bertz CT molecular complexity index is 1100. The van der Waals surface area contributed by atoms with Gasteiger partial charge in [-0.05, 0) is 31.1 Å². The number of hydrogen-bond acceptors (Lipinski definition) is 4. The molecule has 4 rings (SSSR count). The van der Waals surface area contributed by atoms with Gasteiger partial charge in [0.05, 0.1) is 17.3 Å². The zero-order chi connectivity index (χ0) is 22.9. The van der Waals surface area contributed by atoms with Gasteiger partial charge in [-0.1, -0.05) is 31.2 Å². The van der Waals surface area contributed by atoms with Crippen LogP contribution in [0.2, 0.25) is 0 Å². The number of rotatable bonds is 6. The minimum atomic E-state index is -3.31. The summed E-state index contributed by atoms with van der Waals surface area (Å²) in [4.78, 5) is 24.5. The van der Waals surface area contributed by atoms with Gasteiger partial charge in [0, 0.05) is 31.0 Å². The number of carbonyl (C=O) groups excluding carboxylic acids is 2. The van der Waals surface area contributed by atoms with Crippen LogP contribution in [-0.4, -0.2) is 34.2 Å². The van der Waals surface area contributed by atoms with E-state index in [1.807, 2.05) is 18.2 Å². The van der Waals surface area contributed by atoms with Crippen LogP contribution >= 0.6 is 0 Å². The first-order valence-electron chi connectivity index (χ1n) is 10.4. The lowest BCUT2D eigenvalue weighted by molar-refractivity contribution is -0.158. The Labute approximate surface area is 184 Å². The van der Waals surface area contributed by atoms with Gasteiger partial charge in [-0.3, -0.25) is 9.59 Å². The number of benzene rings is 1. The van der Waals surface area contributed by atoms with Crippen molar-refractivity contribution in [3.63, 3.8) is 0 Å². The summed E-state index contributed by atoms with van der Waals surface area (Å²) >= 11 is 0. The average molecular weight is 442 g/mol. The van der Waals surface area contributed by atoms with Crippen LogP contribution in [-0.2, 0) is 9.59 Å². The molecule has 7 nitrogen and oxygen atoms in total. The van der Waals surface area contributed by atoms with Crippen LogP contribution in [0.5, 0.6) is 5.75 Å². The second kappa shape index (κ2) is 8.57. The van der Waals surface area contributed by atoms with E-state index in [1.54, 1.807) is 29.8 Å². The summed E-state index contributed by atoms with van der Waals surface area (Å²) in [5.74, 6) is -1.05. The van der Waals surface area contributed by atoms with Crippen molar-refractivity contribution in [3.05, 3.63) is 48.6 Å². The number of nitrogens with one attached hydrogen (secondary N) is 2. The lowest BCUT2D eigenvalue weighted by atomic mass is 9.97. The predicted octanol–water partition coefficient (Wildman–Crippen LogP) is 4.05. The van der Waals surface area contributed by atoms with Crippen molar-refractivity contribution in [3.8, 4) is 17.0 Å². The molecule has 1 aliphatic carbocycles. The number of carbonyl (C=O) groups is 2. The summed E-state index contributed by atoms with van der Waals surface area (Å²) in [6.07, 6.45) is 4.41. The van der Waals surface area contributed by atoms with Crippen molar-refractivity contribution in [1.29, 1.82) is 0 Å². The Morgan fingerprint density at radius 3 is 2.78 bits per heavy atom. The number of halogens is 2. The number of ether oxygens (including phenoxy) is 1. The normalized spacial score (nSPS) is 20.6. The Morgan fingerprint density at radius 1 is 1.31 bits per heavy atom. The molecule has 0 radical (unpaired) electrons. The largest absolute Gasteiger partial charge is 0.433 e. The fourth-order valence-corrected chi connectivity index (χ4v) is 3.80. The molecule has 1 unspecified atom stereocenters. The van der Waals surface area contributed by atoms with E-state index in [1.165, 1.54) is 12.1 Å². The average Bonchev–Trinajstić information content (AvgIpc) is 3.31. The minimum absolute atomic E-state index is 0.0193. The van der Waals surface area contributed by atoms with Gasteiger partial charge < -0.3 is 15.4 Å². The number of hydrogen-bond donors (Lipinski definition) is 2. The summed E-state index contributed by atoms with van der Waals surface area (Å²) in [5, 5.41) is 10.0. The molecule has 1 aromatic carbocycles. The molecule has 2 aromatic rings. The first-order chi connectivity index (χ1) is 15.2. The third-order valence-electron chi connectivity index (χ3n) is 5.46. The summed E-state index contributed by atoms with van der Waals surface area (Å²) in [7, 11) is 0. The van der Waals surface area contributed by atoms with Crippen molar-refractivity contribution in [2.75, 3.05) is 11.9 Å². The Balaban J connectivity index is 1.67. The second-order valence-electron chi connectivity index (χ2n) is 8.00. The standard InChI is InChI=1S/C23H24F2N4O3/c1-14-18(13-26-21(14)30)22(31)27-20-12-19(29(28-20)16-8-4-3-5-9-16)15-7-6-10-17(11-15)32-23(2,24)25/h4,6-12,14,18H,3,5,13H2,1-2H3,(H,26,30)(H,27,28,31)/t14?,18-/m0/s1. The van der Waals surface area contributed by atoms with E-state index in [4.69, 9.17) is 4.74 Å². The van der Waals surface area contributed by atoms with Crippen molar-refractivity contribution in [2.45, 2.75) is 32.8 Å². The zero-order valence-electron chi connectivity index (χ0n) is 17.8. The number of amides is 2. The third kappa shape index (κ3) is 4.71. The maximum Gasteiger partial charge on any atom is 0.394 e. The van der Waals surface area contributed by atoms with Crippen LogP contribution in [0.3, 0.4) is 0 Å². The molecule has 0 saturated carbocycles. The lowest BCUT2D eigenvalue weighted by Crippen LogP contribution is -2.28. The molecule has 32 heavy (non-hydrogen) atoms. The maximum absolute atomic E-state index is 13.3. The van der Waals surface area contributed by atoms with Crippen molar-refractivity contribution < 1.29 is 23.1 Å². The molecule has 1 aromatic heterocycles. The Morgan fingerprint density at radius 2 is 2.12 bits per heavy atom. The maximum atomic E-state index is 13.3. The van der Waals surface area contributed by atoms with Crippen LogP contribution in [0.1, 0.15) is 26.7 Å². The highest BCUT2D eigenvalue weighted by molar-refractivity contribution is 5.98. The molecule has 2 aliphatic rings. The quantitative estimate of drug-likeness (QED) is 0.707. The van der Waals surface area contributed by atoms with E-state index in [-0.39, 0.29) is 24.1 Å². The number of aromatic nitrogens is 2. The molecule has 2 heterocycles. The molecule has 1 aliphatic heterocycles. The number of allylic oxidation sites excluding steroid dienone is 4. The van der Waals surface area contributed by atoms with Gasteiger partial charge in [0.2, 0.25) is 11.8 Å². The van der Waals surface area contributed by atoms with E-state index in [9.17, 15) is 18.4 Å². The number of alkyl halides is 2. The molecule has 2 amide bonds. The van der Waals surface area contributed by atoms with E-state index in [2.05, 4.69) is 15.7 Å². The van der Waals surface area contributed by atoms with Crippen LogP contribution in [0.15, 0.2) is 48.6 Å². The lowest BCUT2D eigenvalue weighted by Gasteiger charge is -2.15. The summed E-state index contributed by atoms with van der Waals surface area (Å²) < 4.78 is 33.0. The predicted molar refractivity (Wildman–Crippen MR) is 116 cm³/mol. The number of nitrogens with zero attached hydrogens (tertiary/aromatic N) is 2. The third-order valence-corrected chi connectivity index (χ3v) is 5.46. The van der Waals surface area contributed by atoms with Crippen LogP contribution in [0.4, 0.5) is 14.6 Å². The highest BCUT2D eigenvalue weighted by Gasteiger charge is 2.36. The highest BCUT2D eigenvalue weighted by Crippen LogP contribution is 2.32. The van der Waals surface area contributed by atoms with Gasteiger partial charge in [0.25, 0.3) is 0 Å². The van der Waals surface area contributed by atoms with Gasteiger partial charge >= 0.3 is 6.11 Å². The zero-order valence-corrected chi connectivity index (χ0v) is 17.8. The molecule has 168 valence electrons. The highest BCUT2D eigenvalue weighted by atomic mass is 19.3. The molecular formula is C23H24F2N4O3. The van der Waals surface area contributed by atoms with Gasteiger partial charge in [0.1, 0.15) is 5.75 Å². The second-order valence-corrected chi connectivity index (χ2v) is 8.00. The van der Waals surface area contributed by atoms with Crippen molar-refractivity contribution >= 4 is 23.3 Å². The molecule has 0 bridgehead atoms. The van der Waals surface area contributed by atoms with E-state index in [0.29, 0.717) is 24.0 Å². The van der Waals surface area contributed by atoms with Gasteiger partial charge in [-0.15, -0.1) is 5.10 Å².